The van der Waals surface area contributed by atoms with Gasteiger partial charge in [0, 0.05) is 23.8 Å². The van der Waals surface area contributed by atoms with Gasteiger partial charge in [0.25, 0.3) is 0 Å². The Hall–Kier alpha value is -2.43. The molecule has 0 bridgehead atoms. The van der Waals surface area contributed by atoms with Crippen LogP contribution in [-0.4, -0.2) is 5.84 Å². The molecule has 0 aromatic heterocycles. The molecule has 0 atom stereocenters. The van der Waals surface area contributed by atoms with Crippen molar-refractivity contribution in [2.24, 2.45) is 5.73 Å². The van der Waals surface area contributed by atoms with E-state index in [9.17, 15) is 8.78 Å². The Labute approximate surface area is 102 Å². The molecule has 0 aliphatic carbocycles. The molecule has 0 aliphatic heterocycles. The topological polar surface area (TPSA) is 59.1 Å². The van der Waals surface area contributed by atoms with Crippen molar-refractivity contribution < 1.29 is 13.5 Å². The van der Waals surface area contributed by atoms with Crippen molar-refractivity contribution in [2.75, 3.05) is 0 Å². The van der Waals surface area contributed by atoms with Crippen LogP contribution in [-0.2, 0) is 0 Å². The maximum atomic E-state index is 12.9. The molecule has 2 rings (SSSR count). The van der Waals surface area contributed by atoms with Crippen LogP contribution in [0.2, 0.25) is 0 Å². The highest BCUT2D eigenvalue weighted by atomic mass is 19.1. The first-order valence-corrected chi connectivity index (χ1v) is 5.13. The summed E-state index contributed by atoms with van der Waals surface area (Å²) in [6.45, 7) is 0. The van der Waals surface area contributed by atoms with E-state index in [0.717, 1.165) is 18.2 Å². The van der Waals surface area contributed by atoms with Gasteiger partial charge in [-0.2, -0.15) is 0 Å². The molecule has 5 heteroatoms. The Bertz CT molecular complexity index is 562. The summed E-state index contributed by atoms with van der Waals surface area (Å²) < 4.78 is 31.2. The molecule has 3 N–H and O–H groups in total. The molecule has 0 spiro atoms. The van der Waals surface area contributed by atoms with Crippen molar-refractivity contribution >= 4 is 5.84 Å². The largest absolute Gasteiger partial charge is 0.457 e. The van der Waals surface area contributed by atoms with Gasteiger partial charge in [-0.3, -0.25) is 5.41 Å². The standard InChI is InChI=1S/C13H10F2N2O/c14-9-5-10(15)7-12(6-9)18-11-3-1-8(2-4-11)13(16)17/h1-7H,(H3,16,17). The number of halogens is 2. The molecule has 0 unspecified atom stereocenters. The fraction of sp³-hybridized carbons (Fsp3) is 0. The Morgan fingerprint density at radius 1 is 0.944 bits per heavy atom. The van der Waals surface area contributed by atoms with Crippen LogP contribution < -0.4 is 10.5 Å². The van der Waals surface area contributed by atoms with Crippen molar-refractivity contribution in [2.45, 2.75) is 0 Å². The minimum Gasteiger partial charge on any atom is -0.457 e. The lowest BCUT2D eigenvalue weighted by Gasteiger charge is -2.06. The predicted molar refractivity (Wildman–Crippen MR) is 63.9 cm³/mol. The maximum Gasteiger partial charge on any atom is 0.133 e. The van der Waals surface area contributed by atoms with Gasteiger partial charge in [-0.05, 0) is 24.3 Å². The van der Waals surface area contributed by atoms with E-state index in [0.29, 0.717) is 11.3 Å². The monoisotopic (exact) mass is 248 g/mol. The molecule has 0 amide bonds. The molecule has 0 radical (unpaired) electrons. The van der Waals surface area contributed by atoms with E-state index < -0.39 is 11.6 Å². The molecule has 0 saturated carbocycles. The van der Waals surface area contributed by atoms with Gasteiger partial charge in [0.05, 0.1) is 0 Å². The van der Waals surface area contributed by atoms with Crippen LogP contribution in [0.1, 0.15) is 5.56 Å². The number of nitrogens with two attached hydrogens (primary N) is 1. The summed E-state index contributed by atoms with van der Waals surface area (Å²) in [6.07, 6.45) is 0. The number of hydrogen-bond acceptors (Lipinski definition) is 2. The normalized spacial score (nSPS) is 10.1. The minimum absolute atomic E-state index is 0.0571. The quantitative estimate of drug-likeness (QED) is 0.647. The third-order valence-corrected chi connectivity index (χ3v) is 2.24. The molecule has 0 saturated heterocycles. The molecule has 92 valence electrons. The van der Waals surface area contributed by atoms with Gasteiger partial charge in [-0.1, -0.05) is 0 Å². The highest BCUT2D eigenvalue weighted by Crippen LogP contribution is 2.23. The Morgan fingerprint density at radius 3 is 2.00 bits per heavy atom. The van der Waals surface area contributed by atoms with Gasteiger partial charge in [0.1, 0.15) is 29.0 Å². The molecule has 3 nitrogen and oxygen atoms in total. The number of amidine groups is 1. The van der Waals surface area contributed by atoms with Crippen LogP contribution in [0.4, 0.5) is 8.78 Å². The fourth-order valence-corrected chi connectivity index (χ4v) is 1.43. The smallest absolute Gasteiger partial charge is 0.133 e. The van der Waals surface area contributed by atoms with Gasteiger partial charge in [0.15, 0.2) is 0 Å². The van der Waals surface area contributed by atoms with Crippen LogP contribution in [0, 0.1) is 17.0 Å². The van der Waals surface area contributed by atoms with Crippen molar-refractivity contribution in [3.8, 4) is 11.5 Å². The first-order valence-electron chi connectivity index (χ1n) is 5.13. The SMILES string of the molecule is N=C(N)c1ccc(Oc2cc(F)cc(F)c2)cc1. The third kappa shape index (κ3) is 2.82. The average molecular weight is 248 g/mol. The van der Waals surface area contributed by atoms with Crippen LogP contribution in [0.15, 0.2) is 42.5 Å². The first-order chi connectivity index (χ1) is 8.54. The highest BCUT2D eigenvalue weighted by molar-refractivity contribution is 5.94. The second-order valence-electron chi connectivity index (χ2n) is 3.65. The van der Waals surface area contributed by atoms with Crippen LogP contribution in [0.5, 0.6) is 11.5 Å². The summed E-state index contributed by atoms with van der Waals surface area (Å²) in [5.74, 6) is -0.984. The third-order valence-electron chi connectivity index (χ3n) is 2.24. The number of ether oxygens (including phenoxy) is 1. The lowest BCUT2D eigenvalue weighted by atomic mass is 10.2. The predicted octanol–water partition coefficient (Wildman–Crippen LogP) is 3.04. The second-order valence-corrected chi connectivity index (χ2v) is 3.65. The number of nitrogens with one attached hydrogen (secondary N) is 1. The van der Waals surface area contributed by atoms with E-state index in [-0.39, 0.29) is 11.6 Å². The molecular weight excluding hydrogens is 238 g/mol. The van der Waals surface area contributed by atoms with Gasteiger partial charge in [-0.25, -0.2) is 8.78 Å². The van der Waals surface area contributed by atoms with Crippen molar-refractivity contribution in [3.05, 3.63) is 59.7 Å². The highest BCUT2D eigenvalue weighted by Gasteiger charge is 2.03. The summed E-state index contributed by atoms with van der Waals surface area (Å²) in [7, 11) is 0. The van der Waals surface area contributed by atoms with Crippen molar-refractivity contribution in [1.29, 1.82) is 5.41 Å². The summed E-state index contributed by atoms with van der Waals surface area (Å²) in [4.78, 5) is 0. The number of nitrogen functional groups attached to an aromatic ring is 1. The lowest BCUT2D eigenvalue weighted by molar-refractivity contribution is 0.468. The number of benzene rings is 2. The molecule has 0 aliphatic rings. The number of hydrogen-bond donors (Lipinski definition) is 2. The van der Waals surface area contributed by atoms with Gasteiger partial charge in [0.2, 0.25) is 0 Å². The zero-order chi connectivity index (χ0) is 13.1. The zero-order valence-electron chi connectivity index (χ0n) is 9.28. The summed E-state index contributed by atoms with van der Waals surface area (Å²) in [5, 5.41) is 7.22. The fourth-order valence-electron chi connectivity index (χ4n) is 1.43. The minimum atomic E-state index is -0.703. The molecular formula is C13H10F2N2O. The molecule has 0 fully saturated rings. The summed E-state index contributed by atoms with van der Waals surface area (Å²) >= 11 is 0. The Morgan fingerprint density at radius 2 is 1.50 bits per heavy atom. The van der Waals surface area contributed by atoms with E-state index in [1.807, 2.05) is 0 Å². The van der Waals surface area contributed by atoms with Crippen LogP contribution in [0.25, 0.3) is 0 Å². The van der Waals surface area contributed by atoms with Crippen LogP contribution >= 0.6 is 0 Å². The molecule has 0 heterocycles. The molecule has 2 aromatic rings. The maximum absolute atomic E-state index is 12.9. The zero-order valence-corrected chi connectivity index (χ0v) is 9.28. The first kappa shape index (κ1) is 12.0. The number of rotatable bonds is 3. The van der Waals surface area contributed by atoms with Gasteiger partial charge < -0.3 is 10.5 Å². The van der Waals surface area contributed by atoms with Gasteiger partial charge >= 0.3 is 0 Å². The Kier molecular flexibility index (Phi) is 3.23. The second kappa shape index (κ2) is 4.83. The Balaban J connectivity index is 2.20. The van der Waals surface area contributed by atoms with E-state index in [1.165, 1.54) is 0 Å². The lowest BCUT2D eigenvalue weighted by Crippen LogP contribution is -2.10. The molecule has 2 aromatic carbocycles. The molecule has 18 heavy (non-hydrogen) atoms. The summed E-state index contributed by atoms with van der Waals surface area (Å²) in [5.41, 5.74) is 5.85. The van der Waals surface area contributed by atoms with E-state index in [4.69, 9.17) is 15.9 Å². The average Bonchev–Trinajstić information content (AvgIpc) is 2.28. The van der Waals surface area contributed by atoms with Crippen molar-refractivity contribution in [1.82, 2.24) is 0 Å². The van der Waals surface area contributed by atoms with E-state index >= 15 is 0 Å². The van der Waals surface area contributed by atoms with Gasteiger partial charge in [-0.15, -0.1) is 0 Å². The van der Waals surface area contributed by atoms with E-state index in [2.05, 4.69) is 0 Å². The van der Waals surface area contributed by atoms with Crippen molar-refractivity contribution in [3.63, 3.8) is 0 Å². The van der Waals surface area contributed by atoms with Crippen LogP contribution in [0.3, 0.4) is 0 Å². The van der Waals surface area contributed by atoms with E-state index in [1.54, 1.807) is 24.3 Å². The summed E-state index contributed by atoms with van der Waals surface area (Å²) in [6, 6.07) is 9.26.